The Labute approximate surface area is 69.9 Å². The SMILES string of the molecule is COC1OC[C@@H](O)[C@@H]1CC(=O)O. The van der Waals surface area contributed by atoms with Crippen LogP contribution in [0, 0.1) is 5.92 Å². The van der Waals surface area contributed by atoms with Gasteiger partial charge in [0.25, 0.3) is 0 Å². The van der Waals surface area contributed by atoms with Crippen molar-refractivity contribution in [2.24, 2.45) is 5.92 Å². The first-order valence-electron chi connectivity index (χ1n) is 3.69. The Hall–Kier alpha value is -0.650. The van der Waals surface area contributed by atoms with Crippen molar-refractivity contribution in [3.63, 3.8) is 0 Å². The fourth-order valence-corrected chi connectivity index (χ4v) is 1.30. The minimum absolute atomic E-state index is 0.125. The molecule has 0 bridgehead atoms. The third kappa shape index (κ3) is 1.94. The molecule has 1 fully saturated rings. The lowest BCUT2D eigenvalue weighted by atomic mass is 10.0. The molecule has 1 aliphatic heterocycles. The van der Waals surface area contributed by atoms with Crippen LogP contribution in [0.25, 0.3) is 0 Å². The van der Waals surface area contributed by atoms with E-state index in [1.54, 1.807) is 0 Å². The molecular weight excluding hydrogens is 164 g/mol. The molecule has 0 radical (unpaired) electrons. The third-order valence-electron chi connectivity index (χ3n) is 1.92. The molecule has 12 heavy (non-hydrogen) atoms. The summed E-state index contributed by atoms with van der Waals surface area (Å²) >= 11 is 0. The average molecular weight is 176 g/mol. The van der Waals surface area contributed by atoms with Crippen LogP contribution in [0.2, 0.25) is 0 Å². The monoisotopic (exact) mass is 176 g/mol. The van der Waals surface area contributed by atoms with Gasteiger partial charge in [-0.1, -0.05) is 0 Å². The van der Waals surface area contributed by atoms with E-state index in [-0.39, 0.29) is 13.0 Å². The largest absolute Gasteiger partial charge is 0.481 e. The molecule has 2 N–H and O–H groups in total. The number of carboxylic acid groups (broad SMARTS) is 1. The first-order chi connectivity index (χ1) is 5.65. The normalized spacial score (nSPS) is 35.3. The lowest BCUT2D eigenvalue weighted by Gasteiger charge is -2.16. The van der Waals surface area contributed by atoms with Crippen LogP contribution in [0.15, 0.2) is 0 Å². The average Bonchev–Trinajstić information content (AvgIpc) is 2.32. The molecule has 1 saturated heterocycles. The van der Waals surface area contributed by atoms with Crippen molar-refractivity contribution >= 4 is 5.97 Å². The predicted octanol–water partition coefficient (Wildman–Crippen LogP) is -0.559. The van der Waals surface area contributed by atoms with Crippen molar-refractivity contribution in [2.75, 3.05) is 13.7 Å². The molecule has 0 aromatic carbocycles. The van der Waals surface area contributed by atoms with E-state index in [4.69, 9.17) is 14.6 Å². The van der Waals surface area contributed by atoms with E-state index in [1.807, 2.05) is 0 Å². The fraction of sp³-hybridized carbons (Fsp3) is 0.857. The maximum atomic E-state index is 10.3. The number of aliphatic hydroxyl groups excluding tert-OH is 1. The van der Waals surface area contributed by atoms with Gasteiger partial charge in [0.1, 0.15) is 0 Å². The Balaban J connectivity index is 2.51. The van der Waals surface area contributed by atoms with E-state index in [1.165, 1.54) is 7.11 Å². The van der Waals surface area contributed by atoms with Crippen LogP contribution < -0.4 is 0 Å². The number of carbonyl (C=O) groups is 1. The number of rotatable bonds is 3. The zero-order chi connectivity index (χ0) is 9.14. The number of ether oxygens (including phenoxy) is 2. The highest BCUT2D eigenvalue weighted by atomic mass is 16.7. The first kappa shape index (κ1) is 9.44. The molecule has 0 aromatic heterocycles. The van der Waals surface area contributed by atoms with E-state index >= 15 is 0 Å². The van der Waals surface area contributed by atoms with Gasteiger partial charge in [-0.05, 0) is 0 Å². The Kier molecular flexibility index (Phi) is 3.02. The van der Waals surface area contributed by atoms with Gasteiger partial charge in [0, 0.05) is 13.0 Å². The minimum Gasteiger partial charge on any atom is -0.481 e. The second-order valence-corrected chi connectivity index (χ2v) is 2.77. The number of hydrogen-bond acceptors (Lipinski definition) is 4. The minimum atomic E-state index is -0.952. The summed E-state index contributed by atoms with van der Waals surface area (Å²) in [4.78, 5) is 10.3. The lowest BCUT2D eigenvalue weighted by Crippen LogP contribution is -2.27. The van der Waals surface area contributed by atoms with E-state index in [2.05, 4.69) is 0 Å². The summed E-state index contributed by atoms with van der Waals surface area (Å²) in [7, 11) is 1.43. The standard InChI is InChI=1S/C7H12O5/c1-11-7-4(2-6(9)10)5(8)3-12-7/h4-5,7-8H,2-3H2,1H3,(H,9,10)/t4-,5+,7?/m0/s1. The van der Waals surface area contributed by atoms with Gasteiger partial charge in [0.2, 0.25) is 0 Å². The molecule has 0 spiro atoms. The summed E-state index contributed by atoms with van der Waals surface area (Å²) in [5, 5.41) is 17.8. The number of hydrogen-bond donors (Lipinski definition) is 2. The van der Waals surface area contributed by atoms with Gasteiger partial charge in [0.05, 0.1) is 19.1 Å². The second kappa shape index (κ2) is 3.84. The molecule has 1 rings (SSSR count). The van der Waals surface area contributed by atoms with Gasteiger partial charge in [0.15, 0.2) is 6.29 Å². The molecule has 5 heteroatoms. The van der Waals surface area contributed by atoms with Crippen molar-refractivity contribution in [3.05, 3.63) is 0 Å². The van der Waals surface area contributed by atoms with Gasteiger partial charge in [-0.2, -0.15) is 0 Å². The zero-order valence-electron chi connectivity index (χ0n) is 6.77. The highest BCUT2D eigenvalue weighted by Crippen LogP contribution is 2.24. The summed E-state index contributed by atoms with van der Waals surface area (Å²) in [6, 6.07) is 0. The summed E-state index contributed by atoms with van der Waals surface area (Å²) in [5.74, 6) is -1.40. The van der Waals surface area contributed by atoms with E-state index < -0.39 is 24.3 Å². The van der Waals surface area contributed by atoms with Gasteiger partial charge < -0.3 is 19.7 Å². The predicted molar refractivity (Wildman–Crippen MR) is 38.5 cm³/mol. The highest BCUT2D eigenvalue weighted by molar-refractivity contribution is 5.67. The molecule has 0 amide bonds. The molecule has 1 unspecified atom stereocenters. The number of aliphatic hydroxyl groups is 1. The Bertz CT molecular complexity index is 169. The Morgan fingerprint density at radius 3 is 2.92 bits per heavy atom. The summed E-state index contributed by atoms with van der Waals surface area (Å²) in [5.41, 5.74) is 0. The molecule has 0 saturated carbocycles. The van der Waals surface area contributed by atoms with Gasteiger partial charge >= 0.3 is 5.97 Å². The molecule has 0 aliphatic carbocycles. The lowest BCUT2D eigenvalue weighted by molar-refractivity contribution is -0.145. The molecule has 1 heterocycles. The van der Waals surface area contributed by atoms with Crippen LogP contribution in [0.3, 0.4) is 0 Å². The van der Waals surface area contributed by atoms with Crippen LogP contribution in [0.4, 0.5) is 0 Å². The van der Waals surface area contributed by atoms with Crippen molar-refractivity contribution in [1.82, 2.24) is 0 Å². The first-order valence-corrected chi connectivity index (χ1v) is 3.69. The molecule has 1 aliphatic rings. The van der Waals surface area contributed by atoms with Crippen molar-refractivity contribution in [3.8, 4) is 0 Å². The maximum Gasteiger partial charge on any atom is 0.303 e. The quantitative estimate of drug-likeness (QED) is 0.602. The van der Waals surface area contributed by atoms with Crippen LogP contribution in [-0.2, 0) is 14.3 Å². The number of carboxylic acids is 1. The van der Waals surface area contributed by atoms with Crippen molar-refractivity contribution in [2.45, 2.75) is 18.8 Å². The molecule has 5 nitrogen and oxygen atoms in total. The number of methoxy groups -OCH3 is 1. The van der Waals surface area contributed by atoms with Gasteiger partial charge in [-0.3, -0.25) is 4.79 Å². The van der Waals surface area contributed by atoms with Crippen LogP contribution in [0.5, 0.6) is 0 Å². The molecule has 3 atom stereocenters. The summed E-state index contributed by atoms with van der Waals surface area (Å²) < 4.78 is 9.84. The van der Waals surface area contributed by atoms with Gasteiger partial charge in [-0.25, -0.2) is 0 Å². The Morgan fingerprint density at radius 1 is 1.75 bits per heavy atom. The zero-order valence-corrected chi connectivity index (χ0v) is 6.77. The third-order valence-corrected chi connectivity index (χ3v) is 1.92. The van der Waals surface area contributed by atoms with Crippen LogP contribution >= 0.6 is 0 Å². The smallest absolute Gasteiger partial charge is 0.303 e. The van der Waals surface area contributed by atoms with Crippen molar-refractivity contribution in [1.29, 1.82) is 0 Å². The van der Waals surface area contributed by atoms with E-state index in [0.717, 1.165) is 0 Å². The number of aliphatic carboxylic acids is 1. The topological polar surface area (TPSA) is 76.0 Å². The van der Waals surface area contributed by atoms with Crippen molar-refractivity contribution < 1.29 is 24.5 Å². The molecular formula is C7H12O5. The molecule has 70 valence electrons. The second-order valence-electron chi connectivity index (χ2n) is 2.77. The summed E-state index contributed by atoms with van der Waals surface area (Å²) in [6.45, 7) is 0.149. The van der Waals surface area contributed by atoms with Crippen LogP contribution in [-0.4, -0.2) is 42.3 Å². The Morgan fingerprint density at radius 2 is 2.42 bits per heavy atom. The van der Waals surface area contributed by atoms with E-state index in [0.29, 0.717) is 0 Å². The summed E-state index contributed by atoms with van der Waals surface area (Å²) in [6.07, 6.45) is -1.44. The van der Waals surface area contributed by atoms with E-state index in [9.17, 15) is 9.90 Å². The van der Waals surface area contributed by atoms with Gasteiger partial charge in [-0.15, -0.1) is 0 Å². The molecule has 0 aromatic rings. The maximum absolute atomic E-state index is 10.3. The highest BCUT2D eigenvalue weighted by Gasteiger charge is 2.37. The fourth-order valence-electron chi connectivity index (χ4n) is 1.30. The van der Waals surface area contributed by atoms with Crippen LogP contribution in [0.1, 0.15) is 6.42 Å².